The molecule has 22 heavy (non-hydrogen) atoms. The van der Waals surface area contributed by atoms with Crippen molar-refractivity contribution in [2.75, 3.05) is 6.61 Å². The Hall–Kier alpha value is -2.82. The minimum absolute atomic E-state index is 0.771. The van der Waals surface area contributed by atoms with Crippen LogP contribution in [-0.4, -0.2) is 26.0 Å². The molecule has 108 valence electrons. The molecule has 1 aliphatic heterocycles. The van der Waals surface area contributed by atoms with Crippen LogP contribution in [0.5, 0.6) is 5.75 Å². The van der Waals surface area contributed by atoms with Gasteiger partial charge in [0.2, 0.25) is 0 Å². The molecule has 0 radical (unpaired) electrons. The molecule has 3 aromatic heterocycles. The average Bonchev–Trinajstić information content (AvgIpc) is 3.23. The molecule has 0 fully saturated rings. The van der Waals surface area contributed by atoms with Gasteiger partial charge in [-0.2, -0.15) is 0 Å². The SMILES string of the molecule is Cc1nc(-c2ccc3c(c2)CCO3)c2cnc3[nH]ccc3n12. The molecular formula is C17H14N4O. The van der Waals surface area contributed by atoms with Gasteiger partial charge in [-0.25, -0.2) is 9.97 Å². The number of aromatic nitrogens is 4. The Labute approximate surface area is 126 Å². The molecular weight excluding hydrogens is 276 g/mol. The zero-order chi connectivity index (χ0) is 14.7. The molecule has 1 aromatic carbocycles. The van der Waals surface area contributed by atoms with Crippen LogP contribution < -0.4 is 4.74 Å². The number of nitrogens with one attached hydrogen (secondary N) is 1. The van der Waals surface area contributed by atoms with Crippen LogP contribution in [0.15, 0.2) is 36.7 Å². The van der Waals surface area contributed by atoms with Gasteiger partial charge in [-0.15, -0.1) is 0 Å². The first-order valence-electron chi connectivity index (χ1n) is 7.38. The summed E-state index contributed by atoms with van der Waals surface area (Å²) in [5.41, 5.74) is 6.31. The largest absolute Gasteiger partial charge is 0.493 e. The van der Waals surface area contributed by atoms with Crippen LogP contribution in [-0.2, 0) is 6.42 Å². The molecule has 0 amide bonds. The standard InChI is InChI=1S/C17H14N4O/c1-10-20-16(12-2-3-15-11(8-12)5-7-22-15)14-9-19-17-13(21(10)14)4-6-18-17/h2-4,6,8-9,18H,5,7H2,1H3. The molecule has 0 saturated carbocycles. The van der Waals surface area contributed by atoms with Crippen molar-refractivity contribution >= 4 is 16.7 Å². The lowest BCUT2D eigenvalue weighted by Crippen LogP contribution is -1.91. The molecule has 5 heteroatoms. The van der Waals surface area contributed by atoms with Gasteiger partial charge in [0, 0.05) is 18.2 Å². The molecule has 0 saturated heterocycles. The van der Waals surface area contributed by atoms with Gasteiger partial charge in [-0.05, 0) is 36.8 Å². The van der Waals surface area contributed by atoms with Crippen molar-refractivity contribution < 1.29 is 4.74 Å². The second-order valence-electron chi connectivity index (χ2n) is 5.62. The minimum atomic E-state index is 0.771. The second kappa shape index (κ2) is 4.10. The number of nitrogens with zero attached hydrogens (tertiary/aromatic N) is 3. The van der Waals surface area contributed by atoms with E-state index in [4.69, 9.17) is 9.72 Å². The topological polar surface area (TPSA) is 55.2 Å². The minimum Gasteiger partial charge on any atom is -0.493 e. The smallest absolute Gasteiger partial charge is 0.154 e. The summed E-state index contributed by atoms with van der Waals surface area (Å²) in [7, 11) is 0. The molecule has 0 bridgehead atoms. The van der Waals surface area contributed by atoms with E-state index in [1.165, 1.54) is 5.56 Å². The Kier molecular flexibility index (Phi) is 2.20. The predicted molar refractivity (Wildman–Crippen MR) is 84.2 cm³/mol. The molecule has 0 spiro atoms. The van der Waals surface area contributed by atoms with Crippen molar-refractivity contribution in [1.82, 2.24) is 19.4 Å². The first-order chi connectivity index (χ1) is 10.8. The lowest BCUT2D eigenvalue weighted by atomic mass is 10.1. The third-order valence-electron chi connectivity index (χ3n) is 4.30. The van der Waals surface area contributed by atoms with Gasteiger partial charge in [0.1, 0.15) is 11.6 Å². The summed E-state index contributed by atoms with van der Waals surface area (Å²) in [6, 6.07) is 8.34. The average molecular weight is 290 g/mol. The van der Waals surface area contributed by atoms with E-state index in [9.17, 15) is 0 Å². The van der Waals surface area contributed by atoms with Crippen LogP contribution >= 0.6 is 0 Å². The first-order valence-corrected chi connectivity index (χ1v) is 7.38. The molecule has 5 rings (SSSR count). The number of aryl methyl sites for hydroxylation is 1. The number of ether oxygens (including phenoxy) is 1. The van der Waals surface area contributed by atoms with E-state index in [1.54, 1.807) is 0 Å². The molecule has 4 heterocycles. The number of fused-ring (bicyclic) bond motifs is 4. The molecule has 4 aromatic rings. The van der Waals surface area contributed by atoms with Crippen molar-refractivity contribution in [1.29, 1.82) is 0 Å². The fourth-order valence-corrected chi connectivity index (χ4v) is 3.28. The highest BCUT2D eigenvalue weighted by Crippen LogP contribution is 2.32. The Morgan fingerprint density at radius 2 is 2.18 bits per heavy atom. The maximum absolute atomic E-state index is 5.59. The first kappa shape index (κ1) is 11.8. The number of H-pyrrole nitrogens is 1. The van der Waals surface area contributed by atoms with Gasteiger partial charge >= 0.3 is 0 Å². The van der Waals surface area contributed by atoms with Gasteiger partial charge < -0.3 is 9.72 Å². The van der Waals surface area contributed by atoms with E-state index in [0.717, 1.165) is 52.5 Å². The summed E-state index contributed by atoms with van der Waals surface area (Å²) >= 11 is 0. The summed E-state index contributed by atoms with van der Waals surface area (Å²) in [6.07, 6.45) is 4.76. The van der Waals surface area contributed by atoms with E-state index in [0.29, 0.717) is 0 Å². The number of rotatable bonds is 1. The summed E-state index contributed by atoms with van der Waals surface area (Å²) in [6.45, 7) is 2.80. The molecule has 0 unspecified atom stereocenters. The summed E-state index contributed by atoms with van der Waals surface area (Å²) in [5, 5.41) is 0. The normalized spacial score (nSPS) is 13.7. The van der Waals surface area contributed by atoms with Crippen LogP contribution in [0.4, 0.5) is 0 Å². The van der Waals surface area contributed by atoms with Crippen molar-refractivity contribution in [2.45, 2.75) is 13.3 Å². The number of aromatic amines is 1. The molecule has 5 nitrogen and oxygen atoms in total. The van der Waals surface area contributed by atoms with Gasteiger partial charge in [-0.3, -0.25) is 4.40 Å². The third-order valence-corrected chi connectivity index (χ3v) is 4.30. The molecule has 0 aliphatic carbocycles. The zero-order valence-corrected chi connectivity index (χ0v) is 12.1. The van der Waals surface area contributed by atoms with Crippen molar-refractivity contribution in [3.8, 4) is 17.0 Å². The van der Waals surface area contributed by atoms with E-state index < -0.39 is 0 Å². The Morgan fingerprint density at radius 1 is 1.23 bits per heavy atom. The van der Waals surface area contributed by atoms with Crippen LogP contribution in [0.2, 0.25) is 0 Å². The van der Waals surface area contributed by atoms with E-state index in [1.807, 2.05) is 31.5 Å². The second-order valence-corrected chi connectivity index (χ2v) is 5.62. The highest BCUT2D eigenvalue weighted by Gasteiger charge is 2.17. The van der Waals surface area contributed by atoms with E-state index >= 15 is 0 Å². The molecule has 1 N–H and O–H groups in total. The lowest BCUT2D eigenvalue weighted by molar-refractivity contribution is 0.357. The molecule has 0 atom stereocenters. The van der Waals surface area contributed by atoms with E-state index in [2.05, 4.69) is 26.5 Å². The number of hydrogen-bond donors (Lipinski definition) is 1. The summed E-state index contributed by atoms with van der Waals surface area (Å²) < 4.78 is 7.74. The highest BCUT2D eigenvalue weighted by molar-refractivity contribution is 5.84. The maximum Gasteiger partial charge on any atom is 0.154 e. The predicted octanol–water partition coefficient (Wildman–Crippen LogP) is 3.12. The highest BCUT2D eigenvalue weighted by atomic mass is 16.5. The fourth-order valence-electron chi connectivity index (χ4n) is 3.28. The van der Waals surface area contributed by atoms with Crippen LogP contribution in [0.1, 0.15) is 11.4 Å². The quantitative estimate of drug-likeness (QED) is 0.586. The Balaban J connectivity index is 1.81. The fraction of sp³-hybridized carbons (Fsp3) is 0.176. The monoisotopic (exact) mass is 290 g/mol. The van der Waals surface area contributed by atoms with Crippen molar-refractivity contribution in [3.05, 3.63) is 48.0 Å². The van der Waals surface area contributed by atoms with Crippen molar-refractivity contribution in [2.24, 2.45) is 0 Å². The van der Waals surface area contributed by atoms with Crippen LogP contribution in [0.25, 0.3) is 27.9 Å². The lowest BCUT2D eigenvalue weighted by Gasteiger charge is -2.03. The Morgan fingerprint density at radius 3 is 3.14 bits per heavy atom. The third kappa shape index (κ3) is 1.48. The number of benzene rings is 1. The Bertz CT molecular complexity index is 1030. The van der Waals surface area contributed by atoms with Crippen molar-refractivity contribution in [3.63, 3.8) is 0 Å². The van der Waals surface area contributed by atoms with E-state index in [-0.39, 0.29) is 0 Å². The molecule has 1 aliphatic rings. The number of imidazole rings is 1. The number of hydrogen-bond acceptors (Lipinski definition) is 3. The zero-order valence-electron chi connectivity index (χ0n) is 12.1. The van der Waals surface area contributed by atoms with Crippen LogP contribution in [0.3, 0.4) is 0 Å². The summed E-state index contributed by atoms with van der Waals surface area (Å²) in [4.78, 5) is 12.4. The van der Waals surface area contributed by atoms with Crippen LogP contribution in [0, 0.1) is 6.92 Å². The van der Waals surface area contributed by atoms with Gasteiger partial charge in [0.25, 0.3) is 0 Å². The van der Waals surface area contributed by atoms with Gasteiger partial charge in [0.15, 0.2) is 5.65 Å². The van der Waals surface area contributed by atoms with Gasteiger partial charge in [0.05, 0.1) is 29.5 Å². The maximum atomic E-state index is 5.59. The van der Waals surface area contributed by atoms with Gasteiger partial charge in [-0.1, -0.05) is 0 Å². The summed E-state index contributed by atoms with van der Waals surface area (Å²) in [5.74, 6) is 1.96.